The van der Waals surface area contributed by atoms with Gasteiger partial charge >= 0.3 is 5.97 Å². The molecular formula is C11H12N2O2. The topological polar surface area (TPSA) is 63.0 Å². The first-order valence-corrected chi connectivity index (χ1v) is 4.68. The minimum Gasteiger partial charge on any atom is -0.466 e. The first-order chi connectivity index (χ1) is 7.17. The lowest BCUT2D eigenvalue weighted by Crippen LogP contribution is -2.09. The van der Waals surface area contributed by atoms with Crippen molar-refractivity contribution in [2.45, 2.75) is 20.3 Å². The number of carbonyl (C=O) groups is 1. The van der Waals surface area contributed by atoms with Crippen LogP contribution in [0.5, 0.6) is 0 Å². The lowest BCUT2D eigenvalue weighted by atomic mass is 10.1. The van der Waals surface area contributed by atoms with Crippen molar-refractivity contribution in [3.8, 4) is 6.07 Å². The second-order valence-electron chi connectivity index (χ2n) is 3.08. The van der Waals surface area contributed by atoms with Gasteiger partial charge in [-0.05, 0) is 25.5 Å². The molecule has 0 saturated carbocycles. The Balaban J connectivity index is 2.86. The van der Waals surface area contributed by atoms with Crippen molar-refractivity contribution in [3.63, 3.8) is 0 Å². The largest absolute Gasteiger partial charge is 0.466 e. The summed E-state index contributed by atoms with van der Waals surface area (Å²) in [6.45, 7) is 3.89. The molecule has 0 bridgehead atoms. The molecule has 4 nitrogen and oxygen atoms in total. The third-order valence-corrected chi connectivity index (χ3v) is 1.88. The molecule has 0 saturated heterocycles. The van der Waals surface area contributed by atoms with E-state index < -0.39 is 0 Å². The van der Waals surface area contributed by atoms with E-state index in [0.29, 0.717) is 17.7 Å². The van der Waals surface area contributed by atoms with E-state index in [1.54, 1.807) is 26.1 Å². The molecule has 0 amide bonds. The molecule has 0 aliphatic heterocycles. The van der Waals surface area contributed by atoms with Crippen LogP contribution in [0.1, 0.15) is 23.7 Å². The Morgan fingerprint density at radius 1 is 1.67 bits per heavy atom. The van der Waals surface area contributed by atoms with E-state index in [1.807, 2.05) is 6.07 Å². The zero-order valence-electron chi connectivity index (χ0n) is 8.78. The van der Waals surface area contributed by atoms with Crippen molar-refractivity contribution in [3.05, 3.63) is 29.1 Å². The maximum absolute atomic E-state index is 11.2. The van der Waals surface area contributed by atoms with Crippen molar-refractivity contribution in [2.75, 3.05) is 6.61 Å². The summed E-state index contributed by atoms with van der Waals surface area (Å²) in [6.07, 6.45) is 1.65. The molecular weight excluding hydrogens is 192 g/mol. The van der Waals surface area contributed by atoms with Gasteiger partial charge in [-0.1, -0.05) is 0 Å². The molecule has 0 aliphatic rings. The minimum absolute atomic E-state index is 0.101. The average molecular weight is 204 g/mol. The molecule has 1 aromatic rings. The summed E-state index contributed by atoms with van der Waals surface area (Å²) in [7, 11) is 0. The van der Waals surface area contributed by atoms with E-state index in [-0.39, 0.29) is 12.4 Å². The lowest BCUT2D eigenvalue weighted by Gasteiger charge is -2.04. The highest BCUT2D eigenvalue weighted by Gasteiger charge is 2.09. The van der Waals surface area contributed by atoms with E-state index in [0.717, 1.165) is 5.69 Å². The van der Waals surface area contributed by atoms with Crippen molar-refractivity contribution in [2.24, 2.45) is 0 Å². The van der Waals surface area contributed by atoms with E-state index in [4.69, 9.17) is 10.00 Å². The molecule has 1 rings (SSSR count). The van der Waals surface area contributed by atoms with Crippen LogP contribution in [0, 0.1) is 18.3 Å². The van der Waals surface area contributed by atoms with Gasteiger partial charge in [-0.15, -0.1) is 0 Å². The minimum atomic E-state index is -0.334. The van der Waals surface area contributed by atoms with Crippen molar-refractivity contribution >= 4 is 5.97 Å². The predicted molar refractivity (Wildman–Crippen MR) is 54.0 cm³/mol. The quantitative estimate of drug-likeness (QED) is 0.697. The molecule has 0 unspecified atom stereocenters. The fraction of sp³-hybridized carbons (Fsp3) is 0.364. The highest BCUT2D eigenvalue weighted by Crippen LogP contribution is 2.09. The summed E-state index contributed by atoms with van der Waals surface area (Å²) in [5.41, 5.74) is 1.86. The Kier molecular flexibility index (Phi) is 3.81. The van der Waals surface area contributed by atoms with Crippen LogP contribution in [-0.2, 0) is 16.0 Å². The smallest absolute Gasteiger partial charge is 0.310 e. The second-order valence-corrected chi connectivity index (χ2v) is 3.08. The first kappa shape index (κ1) is 11.2. The normalized spacial score (nSPS) is 9.40. The van der Waals surface area contributed by atoms with Crippen LogP contribution in [0.15, 0.2) is 12.3 Å². The lowest BCUT2D eigenvalue weighted by molar-refractivity contribution is -0.142. The van der Waals surface area contributed by atoms with E-state index in [2.05, 4.69) is 4.98 Å². The van der Waals surface area contributed by atoms with Crippen LogP contribution in [0.2, 0.25) is 0 Å². The van der Waals surface area contributed by atoms with Gasteiger partial charge in [0.2, 0.25) is 0 Å². The number of aryl methyl sites for hydroxylation is 1. The van der Waals surface area contributed by atoms with Gasteiger partial charge in [0.05, 0.1) is 24.7 Å². The molecule has 0 atom stereocenters. The third-order valence-electron chi connectivity index (χ3n) is 1.88. The molecule has 0 aromatic carbocycles. The molecule has 1 heterocycles. The SMILES string of the molecule is CCOC(=O)Cc1cnc(C)cc1C#N. The zero-order chi connectivity index (χ0) is 11.3. The van der Waals surface area contributed by atoms with E-state index in [9.17, 15) is 4.79 Å². The molecule has 15 heavy (non-hydrogen) atoms. The number of ether oxygens (including phenoxy) is 1. The van der Waals surface area contributed by atoms with E-state index in [1.165, 1.54) is 0 Å². The Morgan fingerprint density at radius 3 is 3.00 bits per heavy atom. The molecule has 0 fully saturated rings. The third kappa shape index (κ3) is 3.06. The van der Waals surface area contributed by atoms with Crippen LogP contribution in [0.3, 0.4) is 0 Å². The summed E-state index contributed by atoms with van der Waals surface area (Å²) in [5, 5.41) is 8.86. The second kappa shape index (κ2) is 5.11. The zero-order valence-corrected chi connectivity index (χ0v) is 8.78. The Bertz CT molecular complexity index is 408. The fourth-order valence-corrected chi connectivity index (χ4v) is 1.20. The van der Waals surface area contributed by atoms with Crippen LogP contribution in [0.4, 0.5) is 0 Å². The number of pyridine rings is 1. The van der Waals surface area contributed by atoms with Crippen LogP contribution < -0.4 is 0 Å². The fourth-order valence-electron chi connectivity index (χ4n) is 1.20. The number of hydrogen-bond donors (Lipinski definition) is 0. The Morgan fingerprint density at radius 2 is 2.40 bits per heavy atom. The molecule has 1 aromatic heterocycles. The molecule has 0 spiro atoms. The summed E-state index contributed by atoms with van der Waals surface area (Å²) >= 11 is 0. The highest BCUT2D eigenvalue weighted by atomic mass is 16.5. The highest BCUT2D eigenvalue weighted by molar-refractivity contribution is 5.73. The van der Waals surface area contributed by atoms with Gasteiger partial charge in [0.25, 0.3) is 0 Å². The number of carbonyl (C=O) groups excluding carboxylic acids is 1. The van der Waals surface area contributed by atoms with Gasteiger partial charge in [-0.2, -0.15) is 5.26 Å². The predicted octanol–water partition coefficient (Wildman–Crippen LogP) is 1.37. The van der Waals surface area contributed by atoms with Gasteiger partial charge in [-0.3, -0.25) is 9.78 Å². The van der Waals surface area contributed by atoms with Crippen LogP contribution in [0.25, 0.3) is 0 Å². The molecule has 0 radical (unpaired) electrons. The van der Waals surface area contributed by atoms with Crippen molar-refractivity contribution < 1.29 is 9.53 Å². The number of aromatic nitrogens is 1. The number of nitriles is 1. The summed E-state index contributed by atoms with van der Waals surface area (Å²) in [5.74, 6) is -0.334. The molecule has 4 heteroatoms. The molecule has 0 N–H and O–H groups in total. The maximum Gasteiger partial charge on any atom is 0.310 e. The van der Waals surface area contributed by atoms with Crippen molar-refractivity contribution in [1.82, 2.24) is 4.98 Å². The number of hydrogen-bond acceptors (Lipinski definition) is 4. The van der Waals surface area contributed by atoms with E-state index >= 15 is 0 Å². The number of nitrogens with zero attached hydrogens (tertiary/aromatic N) is 2. The van der Waals surface area contributed by atoms with Crippen molar-refractivity contribution in [1.29, 1.82) is 5.26 Å². The van der Waals surface area contributed by atoms with Crippen LogP contribution >= 0.6 is 0 Å². The molecule has 0 aliphatic carbocycles. The Hall–Kier alpha value is -1.89. The average Bonchev–Trinajstić information content (AvgIpc) is 2.21. The summed E-state index contributed by atoms with van der Waals surface area (Å²) in [6, 6.07) is 3.70. The monoisotopic (exact) mass is 204 g/mol. The summed E-state index contributed by atoms with van der Waals surface area (Å²) in [4.78, 5) is 15.2. The van der Waals surface area contributed by atoms with Gasteiger partial charge in [0.1, 0.15) is 0 Å². The van der Waals surface area contributed by atoms with Gasteiger partial charge in [0, 0.05) is 11.9 Å². The summed E-state index contributed by atoms with van der Waals surface area (Å²) < 4.78 is 4.80. The number of esters is 1. The maximum atomic E-state index is 11.2. The first-order valence-electron chi connectivity index (χ1n) is 4.68. The van der Waals surface area contributed by atoms with Crippen LogP contribution in [-0.4, -0.2) is 17.6 Å². The standard InChI is InChI=1S/C11H12N2O2/c1-3-15-11(14)5-10-7-13-8(2)4-9(10)6-12/h4,7H,3,5H2,1-2H3. The Labute approximate surface area is 88.5 Å². The number of rotatable bonds is 3. The van der Waals surface area contributed by atoms with Gasteiger partial charge in [-0.25, -0.2) is 0 Å². The van der Waals surface area contributed by atoms with Gasteiger partial charge < -0.3 is 4.74 Å². The van der Waals surface area contributed by atoms with Gasteiger partial charge in [0.15, 0.2) is 0 Å². The molecule has 78 valence electrons.